The van der Waals surface area contributed by atoms with Gasteiger partial charge in [0.15, 0.2) is 14.1 Å². The van der Waals surface area contributed by atoms with Gasteiger partial charge in [0, 0.05) is 20.0 Å². The van der Waals surface area contributed by atoms with Crippen LogP contribution in [0.5, 0.6) is 0 Å². The second-order valence-corrected chi connectivity index (χ2v) is 13.1. The molecule has 5 nitrogen and oxygen atoms in total. The molecule has 2 aliphatic rings. The Balaban J connectivity index is 2.03. The molecule has 1 aliphatic heterocycles. The number of rotatable bonds is 5. The molecule has 0 aromatic carbocycles. The molecule has 0 amide bonds. The van der Waals surface area contributed by atoms with Gasteiger partial charge in [-0.05, 0) is 30.5 Å². The van der Waals surface area contributed by atoms with Crippen molar-refractivity contribution >= 4 is 14.3 Å². The topological polar surface area (TPSA) is 54.0 Å². The lowest BCUT2D eigenvalue weighted by Gasteiger charge is -2.38. The van der Waals surface area contributed by atoms with Crippen LogP contribution >= 0.6 is 0 Å². The van der Waals surface area contributed by atoms with E-state index in [0.717, 1.165) is 12.8 Å². The molecule has 0 unspecified atom stereocenters. The van der Waals surface area contributed by atoms with Crippen LogP contribution in [0.1, 0.15) is 40.5 Å². The van der Waals surface area contributed by atoms with Crippen molar-refractivity contribution in [1.29, 1.82) is 0 Å². The van der Waals surface area contributed by atoms with Gasteiger partial charge in [0.2, 0.25) is 0 Å². The van der Waals surface area contributed by atoms with Crippen molar-refractivity contribution in [2.45, 2.75) is 64.5 Å². The second kappa shape index (κ2) is 6.82. The largest absolute Gasteiger partial charge is 0.465 e. The molecule has 0 aromatic rings. The van der Waals surface area contributed by atoms with E-state index in [9.17, 15) is 4.79 Å². The first-order valence-electron chi connectivity index (χ1n) is 8.63. The molecule has 1 saturated heterocycles. The summed E-state index contributed by atoms with van der Waals surface area (Å²) in [4.78, 5) is 11.2. The molecule has 1 heterocycles. The Morgan fingerprint density at radius 3 is 2.35 bits per heavy atom. The summed E-state index contributed by atoms with van der Waals surface area (Å²) in [5.41, 5.74) is 0. The Kier molecular flexibility index (Phi) is 5.61. The van der Waals surface area contributed by atoms with Gasteiger partial charge < -0.3 is 18.6 Å². The highest BCUT2D eigenvalue weighted by Crippen LogP contribution is 2.47. The lowest BCUT2D eigenvalue weighted by molar-refractivity contribution is -0.199. The molecular formula is C17H32O5Si. The van der Waals surface area contributed by atoms with Gasteiger partial charge in [-0.2, -0.15) is 0 Å². The number of hydrogen-bond donors (Lipinski definition) is 0. The van der Waals surface area contributed by atoms with E-state index in [1.54, 1.807) is 0 Å². The van der Waals surface area contributed by atoms with Gasteiger partial charge in [-0.1, -0.05) is 20.8 Å². The summed E-state index contributed by atoms with van der Waals surface area (Å²) < 4.78 is 23.5. The summed E-state index contributed by atoms with van der Waals surface area (Å²) >= 11 is 0. The second-order valence-electron chi connectivity index (χ2n) is 8.29. The number of ether oxygens (including phenoxy) is 3. The monoisotopic (exact) mass is 344 g/mol. The van der Waals surface area contributed by atoms with Gasteiger partial charge in [-0.25, -0.2) is 0 Å². The van der Waals surface area contributed by atoms with Crippen LogP contribution in [0.2, 0.25) is 18.1 Å². The van der Waals surface area contributed by atoms with Crippen molar-refractivity contribution in [1.82, 2.24) is 0 Å². The van der Waals surface area contributed by atoms with E-state index in [1.165, 1.54) is 6.92 Å². The Morgan fingerprint density at radius 1 is 1.22 bits per heavy atom. The summed E-state index contributed by atoms with van der Waals surface area (Å²) in [5.74, 6) is -0.467. The average Bonchev–Trinajstić information content (AvgIpc) is 3.02. The smallest absolute Gasteiger partial charge is 0.302 e. The maximum absolute atomic E-state index is 11.2. The van der Waals surface area contributed by atoms with Crippen molar-refractivity contribution in [3.63, 3.8) is 0 Å². The molecule has 134 valence electrons. The molecule has 2 fully saturated rings. The third-order valence-corrected chi connectivity index (χ3v) is 10.2. The molecule has 6 heteroatoms. The maximum atomic E-state index is 11.2. The Hall–Kier alpha value is -0.433. The standard InChI is InChI=1S/C17H32O5Si/c1-13(18)19-12-15-14(7-8-17(15)20-9-10-21-17)11-22-23(5,6)16(2,3)4/h14-15H,7-12H2,1-6H3/t14-,15-/m0/s1. The van der Waals surface area contributed by atoms with Crippen LogP contribution in [0.25, 0.3) is 0 Å². The van der Waals surface area contributed by atoms with Gasteiger partial charge in [0.25, 0.3) is 0 Å². The van der Waals surface area contributed by atoms with Crippen LogP contribution < -0.4 is 0 Å². The minimum Gasteiger partial charge on any atom is -0.465 e. The molecule has 0 bridgehead atoms. The molecule has 1 saturated carbocycles. The molecule has 0 N–H and O–H groups in total. The zero-order valence-electron chi connectivity index (χ0n) is 15.4. The van der Waals surface area contributed by atoms with Crippen molar-refractivity contribution in [2.24, 2.45) is 11.8 Å². The maximum Gasteiger partial charge on any atom is 0.302 e. The summed E-state index contributed by atoms with van der Waals surface area (Å²) in [5, 5.41) is 0.190. The van der Waals surface area contributed by atoms with Crippen LogP contribution in [-0.4, -0.2) is 46.5 Å². The number of carbonyl (C=O) groups excluding carboxylic acids is 1. The minimum absolute atomic E-state index is 0.0543. The van der Waals surface area contributed by atoms with E-state index in [0.29, 0.717) is 32.3 Å². The van der Waals surface area contributed by atoms with E-state index in [-0.39, 0.29) is 16.9 Å². The zero-order valence-corrected chi connectivity index (χ0v) is 16.4. The number of esters is 1. The Labute approximate surface area is 141 Å². The van der Waals surface area contributed by atoms with E-state index >= 15 is 0 Å². The van der Waals surface area contributed by atoms with Crippen LogP contribution in [0.4, 0.5) is 0 Å². The number of carbonyl (C=O) groups is 1. The summed E-state index contributed by atoms with van der Waals surface area (Å²) in [6.07, 6.45) is 1.84. The quantitative estimate of drug-likeness (QED) is 0.565. The third kappa shape index (κ3) is 4.16. The highest BCUT2D eigenvalue weighted by atomic mass is 28.4. The van der Waals surface area contributed by atoms with Crippen LogP contribution in [0.3, 0.4) is 0 Å². The molecule has 23 heavy (non-hydrogen) atoms. The van der Waals surface area contributed by atoms with Gasteiger partial charge in [-0.15, -0.1) is 0 Å². The van der Waals surface area contributed by atoms with Gasteiger partial charge in [0.1, 0.15) is 0 Å². The zero-order chi connectivity index (χ0) is 17.3. The van der Waals surface area contributed by atoms with Crippen molar-refractivity contribution in [3.05, 3.63) is 0 Å². The lowest BCUT2D eigenvalue weighted by atomic mass is 9.94. The summed E-state index contributed by atoms with van der Waals surface area (Å²) in [6, 6.07) is 0. The molecule has 2 atom stereocenters. The highest BCUT2D eigenvalue weighted by molar-refractivity contribution is 6.74. The third-order valence-electron chi connectivity index (χ3n) is 5.70. The average molecular weight is 345 g/mol. The van der Waals surface area contributed by atoms with Crippen molar-refractivity contribution < 1.29 is 23.4 Å². The first-order chi connectivity index (χ1) is 10.6. The highest BCUT2D eigenvalue weighted by Gasteiger charge is 2.53. The summed E-state index contributed by atoms with van der Waals surface area (Å²) in [7, 11) is -1.79. The predicted octanol–water partition coefficient (Wildman–Crippen LogP) is 3.34. The van der Waals surface area contributed by atoms with Crippen LogP contribution in [-0.2, 0) is 23.4 Å². The fourth-order valence-electron chi connectivity index (χ4n) is 3.16. The number of hydrogen-bond acceptors (Lipinski definition) is 5. The first-order valence-corrected chi connectivity index (χ1v) is 11.5. The molecule has 0 radical (unpaired) electrons. The SMILES string of the molecule is CC(=O)OC[C@H]1[C@H](CO[Si](C)(C)C(C)(C)C)CCC12OCCO2. The van der Waals surface area contributed by atoms with Gasteiger partial charge in [-0.3, -0.25) is 4.79 Å². The Bertz CT molecular complexity index is 423. The molecule has 1 spiro atoms. The normalized spacial score (nSPS) is 27.6. The lowest BCUT2D eigenvalue weighted by Crippen LogP contribution is -2.44. The van der Waals surface area contributed by atoms with E-state index < -0.39 is 14.1 Å². The van der Waals surface area contributed by atoms with E-state index in [1.807, 2.05) is 0 Å². The van der Waals surface area contributed by atoms with Crippen LogP contribution in [0.15, 0.2) is 0 Å². The van der Waals surface area contributed by atoms with Crippen LogP contribution in [0, 0.1) is 11.8 Å². The van der Waals surface area contributed by atoms with E-state index in [2.05, 4.69) is 33.9 Å². The molecule has 2 rings (SSSR count). The molecule has 1 aliphatic carbocycles. The first kappa shape index (κ1) is 18.9. The fourth-order valence-corrected chi connectivity index (χ4v) is 4.23. The molecular weight excluding hydrogens is 312 g/mol. The predicted molar refractivity (Wildman–Crippen MR) is 90.6 cm³/mol. The summed E-state index contributed by atoms with van der Waals surface area (Å²) in [6.45, 7) is 15.0. The fraction of sp³-hybridized carbons (Fsp3) is 0.941. The van der Waals surface area contributed by atoms with Crippen molar-refractivity contribution in [2.75, 3.05) is 26.4 Å². The van der Waals surface area contributed by atoms with E-state index in [4.69, 9.17) is 18.6 Å². The van der Waals surface area contributed by atoms with Crippen molar-refractivity contribution in [3.8, 4) is 0 Å². The molecule has 0 aromatic heterocycles. The van der Waals surface area contributed by atoms with Gasteiger partial charge in [0.05, 0.1) is 25.7 Å². The minimum atomic E-state index is -1.79. The van der Waals surface area contributed by atoms with Gasteiger partial charge >= 0.3 is 5.97 Å². The Morgan fingerprint density at radius 2 is 1.83 bits per heavy atom.